The Labute approximate surface area is 216 Å². The minimum absolute atomic E-state index is 0.0137. The molecule has 4 aliphatic heterocycles. The summed E-state index contributed by atoms with van der Waals surface area (Å²) in [6.45, 7) is 8.63. The van der Waals surface area contributed by atoms with Gasteiger partial charge in [-0.05, 0) is 56.0 Å². The summed E-state index contributed by atoms with van der Waals surface area (Å²) in [7, 11) is 0. The number of rotatable bonds is 9. The number of hydrogen-bond acceptors (Lipinski definition) is 4. The van der Waals surface area contributed by atoms with Gasteiger partial charge in [-0.1, -0.05) is 61.0 Å². The van der Waals surface area contributed by atoms with Gasteiger partial charge in [0.25, 0.3) is 0 Å². The van der Waals surface area contributed by atoms with Crippen molar-refractivity contribution < 1.29 is 19.1 Å². The average molecular weight is 492 g/mol. The van der Waals surface area contributed by atoms with E-state index in [0.29, 0.717) is 12.3 Å². The lowest BCUT2D eigenvalue weighted by atomic mass is 9.82. The number of quaternary nitrogens is 1. The molecule has 2 aromatic carbocycles. The fourth-order valence-corrected chi connectivity index (χ4v) is 6.82. The number of nitrogens with zero attached hydrogens (tertiary/aromatic N) is 2. The van der Waals surface area contributed by atoms with Gasteiger partial charge < -0.3 is 14.3 Å². The van der Waals surface area contributed by atoms with Crippen molar-refractivity contribution in [1.29, 1.82) is 0 Å². The van der Waals surface area contributed by atoms with E-state index in [1.54, 1.807) is 0 Å². The zero-order chi connectivity index (χ0) is 25.0. The second-order valence-corrected chi connectivity index (χ2v) is 11.5. The van der Waals surface area contributed by atoms with Gasteiger partial charge in [-0.2, -0.15) is 0 Å². The zero-order valence-electron chi connectivity index (χ0n) is 21.9. The number of esters is 1. The minimum Gasteiger partial charge on any atom is -0.454 e. The molecule has 2 aromatic rings. The van der Waals surface area contributed by atoms with E-state index in [2.05, 4.69) is 48.2 Å². The maximum Gasteiger partial charge on any atom is 0.331 e. The van der Waals surface area contributed by atoms with Crippen molar-refractivity contribution in [1.82, 2.24) is 4.90 Å². The Hall–Kier alpha value is -2.21. The van der Waals surface area contributed by atoms with Crippen LogP contribution in [-0.2, 0) is 27.9 Å². The summed E-state index contributed by atoms with van der Waals surface area (Å²) >= 11 is 0. The predicted molar refractivity (Wildman–Crippen MR) is 142 cm³/mol. The van der Waals surface area contributed by atoms with Crippen molar-refractivity contribution in [3.8, 4) is 0 Å². The van der Waals surface area contributed by atoms with Gasteiger partial charge >= 0.3 is 5.97 Å². The first-order valence-electron chi connectivity index (χ1n) is 14.1. The van der Waals surface area contributed by atoms with Gasteiger partial charge in [0.15, 0.2) is 6.10 Å². The summed E-state index contributed by atoms with van der Waals surface area (Å²) in [5.74, 6) is 0.431. The Balaban J connectivity index is 1.28. The van der Waals surface area contributed by atoms with Crippen molar-refractivity contribution >= 4 is 5.97 Å². The number of hydrogen-bond donors (Lipinski definition) is 1. The van der Waals surface area contributed by atoms with E-state index in [1.165, 1.54) is 30.6 Å². The largest absolute Gasteiger partial charge is 0.454 e. The first-order valence-corrected chi connectivity index (χ1v) is 14.1. The van der Waals surface area contributed by atoms with Crippen LogP contribution in [0.15, 0.2) is 54.6 Å². The van der Waals surface area contributed by atoms with Crippen molar-refractivity contribution in [3.05, 3.63) is 71.3 Å². The highest BCUT2D eigenvalue weighted by atomic mass is 16.5. The number of fused-ring (bicyclic) bond motifs is 3. The van der Waals surface area contributed by atoms with Gasteiger partial charge in [0, 0.05) is 31.8 Å². The second-order valence-electron chi connectivity index (χ2n) is 11.5. The highest BCUT2D eigenvalue weighted by Gasteiger charge is 2.50. The highest BCUT2D eigenvalue weighted by molar-refractivity contribution is 5.82. The standard InChI is InChI=1S/C31H43N2O3/c1-31(28-8-4-2-5-9-28,32-18-6-3-7-19-32)30(35)36-29-24-33(21-15-27(29)16-22-33)20-14-25-10-12-26(13-11-25)17-23-34/h2,4-5,8-13,27,29,34H,3,6-7,14-24H2,1H3/q+1. The van der Waals surface area contributed by atoms with E-state index >= 15 is 0 Å². The van der Waals surface area contributed by atoms with Gasteiger partial charge in [-0.25, -0.2) is 4.79 Å². The lowest BCUT2D eigenvalue weighted by molar-refractivity contribution is -0.946. The van der Waals surface area contributed by atoms with E-state index in [-0.39, 0.29) is 18.7 Å². The number of aliphatic hydroxyl groups excluding tert-OH is 1. The predicted octanol–water partition coefficient (Wildman–Crippen LogP) is 4.32. The zero-order valence-corrected chi connectivity index (χ0v) is 21.9. The van der Waals surface area contributed by atoms with Crippen LogP contribution in [0.3, 0.4) is 0 Å². The van der Waals surface area contributed by atoms with Crippen LogP contribution in [0.2, 0.25) is 0 Å². The number of aliphatic hydroxyl groups is 1. The molecule has 0 spiro atoms. The summed E-state index contributed by atoms with van der Waals surface area (Å²) < 4.78 is 7.57. The van der Waals surface area contributed by atoms with Crippen molar-refractivity contribution in [2.75, 3.05) is 45.9 Å². The Bertz CT molecular complexity index is 994. The third-order valence-electron chi connectivity index (χ3n) is 9.32. The fraction of sp³-hybridized carbons (Fsp3) is 0.581. The van der Waals surface area contributed by atoms with Crippen LogP contribution >= 0.6 is 0 Å². The van der Waals surface area contributed by atoms with Crippen molar-refractivity contribution in [2.24, 2.45) is 5.92 Å². The Morgan fingerprint density at radius 1 is 0.972 bits per heavy atom. The van der Waals surface area contributed by atoms with E-state index in [4.69, 9.17) is 9.84 Å². The summed E-state index contributed by atoms with van der Waals surface area (Å²) in [5, 5.41) is 9.17. The van der Waals surface area contributed by atoms with Gasteiger partial charge in [-0.15, -0.1) is 0 Å². The molecule has 2 atom stereocenters. The normalized spacial score (nSPS) is 27.9. The molecule has 194 valence electrons. The quantitative estimate of drug-likeness (QED) is 0.419. The molecule has 0 saturated carbocycles. The third kappa shape index (κ3) is 5.25. The SMILES string of the molecule is CC(C(=O)OC1C[N+]2(CCc3ccc(CCO)cc3)CCC1CC2)(c1ccccc1)N1CCCCC1. The van der Waals surface area contributed by atoms with E-state index in [9.17, 15) is 4.79 Å². The highest BCUT2D eigenvalue weighted by Crippen LogP contribution is 2.39. The monoisotopic (exact) mass is 491 g/mol. The lowest BCUT2D eigenvalue weighted by Gasteiger charge is -2.53. The molecule has 2 bridgehead atoms. The number of benzene rings is 2. The number of ether oxygens (including phenoxy) is 1. The van der Waals surface area contributed by atoms with Crippen LogP contribution in [0.5, 0.6) is 0 Å². The van der Waals surface area contributed by atoms with Gasteiger partial charge in [0.1, 0.15) is 12.1 Å². The maximum atomic E-state index is 14.0. The molecule has 4 fully saturated rings. The van der Waals surface area contributed by atoms with Gasteiger partial charge in [-0.3, -0.25) is 4.90 Å². The maximum absolute atomic E-state index is 14.0. The molecular formula is C31H43N2O3+. The molecule has 1 N–H and O–H groups in total. The summed E-state index contributed by atoms with van der Waals surface area (Å²) in [4.78, 5) is 16.4. The minimum atomic E-state index is -0.727. The van der Waals surface area contributed by atoms with Gasteiger partial charge in [0.2, 0.25) is 0 Å². The lowest BCUT2D eigenvalue weighted by Crippen LogP contribution is -2.65. The average Bonchev–Trinajstić information content (AvgIpc) is 2.94. The third-order valence-corrected chi connectivity index (χ3v) is 9.32. The number of likely N-dealkylation sites (tertiary alicyclic amines) is 1. The first-order chi connectivity index (χ1) is 17.5. The van der Waals surface area contributed by atoms with Crippen LogP contribution in [-0.4, -0.2) is 72.4 Å². The topological polar surface area (TPSA) is 49.8 Å². The Morgan fingerprint density at radius 3 is 2.25 bits per heavy atom. The molecule has 5 heteroatoms. The number of piperidine rings is 4. The number of carbonyl (C=O) groups is 1. The molecule has 36 heavy (non-hydrogen) atoms. The summed E-state index contributed by atoms with van der Waals surface area (Å²) in [5.41, 5.74) is 2.86. The van der Waals surface area contributed by atoms with E-state index < -0.39 is 5.54 Å². The first kappa shape index (κ1) is 25.4. The van der Waals surface area contributed by atoms with Crippen molar-refractivity contribution in [2.45, 2.75) is 63.5 Å². The van der Waals surface area contributed by atoms with Crippen LogP contribution in [0.4, 0.5) is 0 Å². The molecule has 0 amide bonds. The fourth-order valence-electron chi connectivity index (χ4n) is 6.82. The molecule has 0 radical (unpaired) electrons. The van der Waals surface area contributed by atoms with E-state index in [0.717, 1.165) is 68.3 Å². The van der Waals surface area contributed by atoms with Crippen LogP contribution in [0, 0.1) is 5.92 Å². The second kappa shape index (κ2) is 11.0. The molecule has 0 aromatic heterocycles. The summed E-state index contributed by atoms with van der Waals surface area (Å²) in [6, 6.07) is 19.0. The molecular weight excluding hydrogens is 448 g/mol. The molecule has 0 aliphatic carbocycles. The molecule has 2 unspecified atom stereocenters. The van der Waals surface area contributed by atoms with Crippen LogP contribution < -0.4 is 0 Å². The molecule has 4 saturated heterocycles. The van der Waals surface area contributed by atoms with Crippen LogP contribution in [0.25, 0.3) is 0 Å². The number of carbonyl (C=O) groups excluding carboxylic acids is 1. The summed E-state index contributed by atoms with van der Waals surface area (Å²) in [6.07, 6.45) is 7.60. The van der Waals surface area contributed by atoms with Gasteiger partial charge in [0.05, 0.1) is 19.6 Å². The van der Waals surface area contributed by atoms with Crippen LogP contribution in [0.1, 0.15) is 55.7 Å². The molecule has 6 rings (SSSR count). The Kier molecular flexibility index (Phi) is 7.80. The molecule has 4 heterocycles. The van der Waals surface area contributed by atoms with Crippen molar-refractivity contribution in [3.63, 3.8) is 0 Å². The van der Waals surface area contributed by atoms with E-state index in [1.807, 2.05) is 18.2 Å². The molecule has 4 aliphatic rings. The Morgan fingerprint density at radius 2 is 1.61 bits per heavy atom. The molecule has 5 nitrogen and oxygen atoms in total. The smallest absolute Gasteiger partial charge is 0.331 e.